The van der Waals surface area contributed by atoms with Gasteiger partial charge in [0.25, 0.3) is 17.6 Å². The molecular weight excluding hydrogens is 312 g/mol. The van der Waals surface area contributed by atoms with Crippen LogP contribution in [0.4, 0.5) is 8.78 Å². The molecule has 0 unspecified atom stereocenters. The number of carbonyl (C=O) groups is 2. The molecule has 0 radical (unpaired) electrons. The fourth-order valence-corrected chi connectivity index (χ4v) is 2.04. The largest absolute Gasteiger partial charge is 0.288 e. The Bertz CT molecular complexity index is 651. The zero-order chi connectivity index (χ0) is 15.9. The molecule has 0 fully saturated rings. The van der Waals surface area contributed by atoms with Gasteiger partial charge in [-0.25, -0.2) is 0 Å². The average molecular weight is 323 g/mol. The molecule has 0 aliphatic heterocycles. The first-order valence-electron chi connectivity index (χ1n) is 6.12. The molecular formula is C14H11F2N3O2S. The normalized spacial score (nSPS) is 10.3. The van der Waals surface area contributed by atoms with Crippen molar-refractivity contribution in [3.8, 4) is 0 Å². The van der Waals surface area contributed by atoms with Crippen molar-refractivity contribution in [1.82, 2.24) is 15.8 Å². The van der Waals surface area contributed by atoms with Crippen LogP contribution in [0.25, 0.3) is 0 Å². The Labute approximate surface area is 129 Å². The molecule has 22 heavy (non-hydrogen) atoms. The van der Waals surface area contributed by atoms with Gasteiger partial charge in [-0.05, 0) is 36.4 Å². The first kappa shape index (κ1) is 15.9. The maximum atomic E-state index is 12.2. The topological polar surface area (TPSA) is 71.1 Å². The van der Waals surface area contributed by atoms with Crippen LogP contribution in [0.3, 0.4) is 0 Å². The van der Waals surface area contributed by atoms with Crippen LogP contribution in [0, 0.1) is 0 Å². The van der Waals surface area contributed by atoms with Gasteiger partial charge in [0.1, 0.15) is 0 Å². The van der Waals surface area contributed by atoms with Gasteiger partial charge < -0.3 is 0 Å². The van der Waals surface area contributed by atoms with E-state index < -0.39 is 17.6 Å². The summed E-state index contributed by atoms with van der Waals surface area (Å²) in [5, 5.41) is 0. The predicted molar refractivity (Wildman–Crippen MR) is 77.5 cm³/mol. The second kappa shape index (κ2) is 7.51. The molecule has 114 valence electrons. The van der Waals surface area contributed by atoms with Crippen LogP contribution in [0.1, 0.15) is 20.7 Å². The molecule has 1 aromatic carbocycles. The average Bonchev–Trinajstić information content (AvgIpc) is 2.53. The number of carbonyl (C=O) groups excluding carboxylic acids is 2. The molecule has 1 aromatic heterocycles. The zero-order valence-corrected chi connectivity index (χ0v) is 11.9. The number of nitrogens with one attached hydrogen (secondary N) is 2. The highest BCUT2D eigenvalue weighted by molar-refractivity contribution is 7.99. The van der Waals surface area contributed by atoms with Crippen molar-refractivity contribution < 1.29 is 18.4 Å². The van der Waals surface area contributed by atoms with Crippen molar-refractivity contribution in [2.75, 3.05) is 0 Å². The summed E-state index contributed by atoms with van der Waals surface area (Å²) in [5.74, 6) is -3.57. The summed E-state index contributed by atoms with van der Waals surface area (Å²) in [6.07, 6.45) is 2.88. The summed E-state index contributed by atoms with van der Waals surface area (Å²) in [6, 6.07) is 8.76. The zero-order valence-electron chi connectivity index (χ0n) is 11.1. The Hall–Kier alpha value is -2.48. The van der Waals surface area contributed by atoms with E-state index in [4.69, 9.17) is 0 Å². The lowest BCUT2D eigenvalue weighted by Gasteiger charge is -2.07. The third kappa shape index (κ3) is 4.52. The van der Waals surface area contributed by atoms with Crippen molar-refractivity contribution in [2.24, 2.45) is 0 Å². The standard InChI is InChI=1S/C14H11F2N3O2S/c15-14(16)22-11-5-3-9(4-6-11)12(20)18-19-13(21)10-2-1-7-17-8-10/h1-8,14H,(H,18,20)(H,19,21). The van der Waals surface area contributed by atoms with E-state index >= 15 is 0 Å². The number of amides is 2. The van der Waals surface area contributed by atoms with Crippen molar-refractivity contribution in [1.29, 1.82) is 0 Å². The Morgan fingerprint density at radius 1 is 1.00 bits per heavy atom. The highest BCUT2D eigenvalue weighted by atomic mass is 32.2. The predicted octanol–water partition coefficient (Wildman–Crippen LogP) is 2.47. The van der Waals surface area contributed by atoms with Crippen LogP contribution in [0.15, 0.2) is 53.7 Å². The molecule has 0 saturated heterocycles. The van der Waals surface area contributed by atoms with Crippen LogP contribution < -0.4 is 10.9 Å². The van der Waals surface area contributed by atoms with Crippen LogP contribution in [-0.4, -0.2) is 22.6 Å². The number of benzene rings is 1. The second-order valence-corrected chi connectivity index (χ2v) is 5.12. The lowest BCUT2D eigenvalue weighted by Crippen LogP contribution is -2.41. The van der Waals surface area contributed by atoms with Gasteiger partial charge in [0, 0.05) is 22.9 Å². The third-order valence-corrected chi connectivity index (χ3v) is 3.28. The van der Waals surface area contributed by atoms with E-state index in [1.807, 2.05) is 0 Å². The van der Waals surface area contributed by atoms with Gasteiger partial charge in [0.15, 0.2) is 0 Å². The fraction of sp³-hybridized carbons (Fsp3) is 0.0714. The second-order valence-electron chi connectivity index (χ2n) is 4.05. The number of rotatable bonds is 4. The van der Waals surface area contributed by atoms with E-state index in [9.17, 15) is 18.4 Å². The minimum absolute atomic E-state index is 0.241. The summed E-state index contributed by atoms with van der Waals surface area (Å²) < 4.78 is 24.4. The Morgan fingerprint density at radius 2 is 1.64 bits per heavy atom. The molecule has 8 heteroatoms. The third-order valence-electron chi connectivity index (χ3n) is 2.55. The lowest BCUT2D eigenvalue weighted by atomic mass is 10.2. The molecule has 0 aliphatic rings. The summed E-state index contributed by atoms with van der Waals surface area (Å²) in [4.78, 5) is 27.7. The molecule has 0 spiro atoms. The number of hydrogen-bond acceptors (Lipinski definition) is 4. The molecule has 1 heterocycles. The van der Waals surface area contributed by atoms with Gasteiger partial charge in [-0.3, -0.25) is 25.4 Å². The monoisotopic (exact) mass is 323 g/mol. The van der Waals surface area contributed by atoms with E-state index in [2.05, 4.69) is 15.8 Å². The molecule has 0 atom stereocenters. The van der Waals surface area contributed by atoms with Crippen molar-refractivity contribution in [2.45, 2.75) is 10.7 Å². The van der Waals surface area contributed by atoms with E-state index in [1.165, 1.54) is 36.7 Å². The molecule has 2 amide bonds. The SMILES string of the molecule is O=C(NNC(=O)c1cccnc1)c1ccc(SC(F)F)cc1. The molecule has 0 saturated carbocycles. The number of pyridine rings is 1. The number of aromatic nitrogens is 1. The summed E-state index contributed by atoms with van der Waals surface area (Å²) >= 11 is 0.393. The molecule has 0 bridgehead atoms. The van der Waals surface area contributed by atoms with Gasteiger partial charge in [0.05, 0.1) is 5.56 Å². The summed E-state index contributed by atoms with van der Waals surface area (Å²) in [7, 11) is 0. The number of hydrogen-bond donors (Lipinski definition) is 2. The first-order valence-corrected chi connectivity index (χ1v) is 7.00. The smallest absolute Gasteiger partial charge is 0.267 e. The van der Waals surface area contributed by atoms with Crippen LogP contribution in [0.2, 0.25) is 0 Å². The number of alkyl halides is 2. The van der Waals surface area contributed by atoms with E-state index in [-0.39, 0.29) is 5.56 Å². The Balaban J connectivity index is 1.91. The van der Waals surface area contributed by atoms with Gasteiger partial charge in [-0.15, -0.1) is 0 Å². The quantitative estimate of drug-likeness (QED) is 0.670. The highest BCUT2D eigenvalue weighted by Gasteiger charge is 2.10. The molecule has 2 N–H and O–H groups in total. The fourth-order valence-electron chi connectivity index (χ4n) is 1.54. The van der Waals surface area contributed by atoms with Crippen LogP contribution in [-0.2, 0) is 0 Å². The first-order chi connectivity index (χ1) is 10.6. The number of thioether (sulfide) groups is 1. The molecule has 5 nitrogen and oxygen atoms in total. The van der Waals surface area contributed by atoms with E-state index in [0.717, 1.165) is 0 Å². The van der Waals surface area contributed by atoms with Crippen molar-refractivity contribution in [3.63, 3.8) is 0 Å². The van der Waals surface area contributed by atoms with Crippen molar-refractivity contribution >= 4 is 23.6 Å². The van der Waals surface area contributed by atoms with Crippen LogP contribution >= 0.6 is 11.8 Å². The molecule has 0 aliphatic carbocycles. The minimum Gasteiger partial charge on any atom is -0.267 e. The maximum Gasteiger partial charge on any atom is 0.288 e. The van der Waals surface area contributed by atoms with Gasteiger partial charge in [-0.1, -0.05) is 11.8 Å². The van der Waals surface area contributed by atoms with Crippen LogP contribution in [0.5, 0.6) is 0 Å². The van der Waals surface area contributed by atoms with Gasteiger partial charge in [0.2, 0.25) is 0 Å². The number of hydrazine groups is 1. The summed E-state index contributed by atoms with van der Waals surface area (Å²) in [6.45, 7) is 0. The number of halogens is 2. The maximum absolute atomic E-state index is 12.2. The Morgan fingerprint density at radius 3 is 2.18 bits per heavy atom. The van der Waals surface area contributed by atoms with Gasteiger partial charge in [-0.2, -0.15) is 8.78 Å². The van der Waals surface area contributed by atoms with E-state index in [1.54, 1.807) is 12.1 Å². The Kier molecular flexibility index (Phi) is 5.42. The van der Waals surface area contributed by atoms with Gasteiger partial charge >= 0.3 is 0 Å². The molecule has 2 rings (SSSR count). The highest BCUT2D eigenvalue weighted by Crippen LogP contribution is 2.24. The summed E-state index contributed by atoms with van der Waals surface area (Å²) in [5.41, 5.74) is 5.02. The lowest BCUT2D eigenvalue weighted by molar-refractivity contribution is 0.0846. The van der Waals surface area contributed by atoms with Crippen molar-refractivity contribution in [3.05, 3.63) is 59.9 Å². The minimum atomic E-state index is -2.52. The molecule has 2 aromatic rings. The number of nitrogens with zero attached hydrogens (tertiary/aromatic N) is 1. The van der Waals surface area contributed by atoms with E-state index in [0.29, 0.717) is 22.2 Å².